The fraction of sp³-hybridized carbons (Fsp3) is 0.333. The van der Waals surface area contributed by atoms with Gasteiger partial charge < -0.3 is 10.2 Å². The number of halogens is 2. The Balaban J connectivity index is 2.06. The molecule has 1 atom stereocenters. The van der Waals surface area contributed by atoms with Crippen molar-refractivity contribution in [2.45, 2.75) is 56.0 Å². The van der Waals surface area contributed by atoms with Crippen molar-refractivity contribution in [3.05, 3.63) is 87.9 Å². The van der Waals surface area contributed by atoms with E-state index in [4.69, 9.17) is 23.2 Å². The molecule has 1 N–H and O–H groups in total. The van der Waals surface area contributed by atoms with Gasteiger partial charge in [0, 0.05) is 18.0 Å². The SMILES string of the molecule is CCCNC(=O)[C@@H](CC)N(Cc1ccc(Cl)c(Cl)c1)C(=O)CN(c1ccc(C)cc1)S(=O)(=O)c1ccc(SC)cc1. The van der Waals surface area contributed by atoms with E-state index < -0.39 is 28.5 Å². The van der Waals surface area contributed by atoms with Crippen molar-refractivity contribution < 1.29 is 18.0 Å². The molecule has 0 aromatic heterocycles. The number of hydrogen-bond donors (Lipinski definition) is 1. The summed E-state index contributed by atoms with van der Waals surface area (Å²) >= 11 is 13.8. The van der Waals surface area contributed by atoms with Crippen LogP contribution in [-0.2, 0) is 26.2 Å². The van der Waals surface area contributed by atoms with Gasteiger partial charge in [-0.05, 0) is 80.1 Å². The smallest absolute Gasteiger partial charge is 0.264 e. The molecule has 2 amide bonds. The summed E-state index contributed by atoms with van der Waals surface area (Å²) in [6.07, 6.45) is 2.97. The van der Waals surface area contributed by atoms with Crippen molar-refractivity contribution in [1.82, 2.24) is 10.2 Å². The van der Waals surface area contributed by atoms with Crippen molar-refractivity contribution in [3.63, 3.8) is 0 Å². The monoisotopic (exact) mass is 635 g/mol. The maximum atomic E-state index is 14.1. The van der Waals surface area contributed by atoms with Crippen LogP contribution in [-0.4, -0.2) is 50.5 Å². The van der Waals surface area contributed by atoms with Crippen LogP contribution in [0, 0.1) is 6.92 Å². The van der Waals surface area contributed by atoms with E-state index in [1.54, 1.807) is 54.6 Å². The topological polar surface area (TPSA) is 86.8 Å². The molecule has 3 aromatic carbocycles. The molecule has 41 heavy (non-hydrogen) atoms. The van der Waals surface area contributed by atoms with Crippen LogP contribution in [0.5, 0.6) is 0 Å². The largest absolute Gasteiger partial charge is 0.354 e. The highest BCUT2D eigenvalue weighted by atomic mass is 35.5. The molecule has 0 unspecified atom stereocenters. The van der Waals surface area contributed by atoms with E-state index in [1.807, 2.05) is 27.0 Å². The van der Waals surface area contributed by atoms with Crippen LogP contribution in [0.1, 0.15) is 37.8 Å². The number of sulfonamides is 1. The number of carbonyl (C=O) groups excluding carboxylic acids is 2. The molecule has 0 aliphatic heterocycles. The van der Waals surface area contributed by atoms with Crippen LogP contribution >= 0.6 is 35.0 Å². The molecule has 0 aliphatic carbocycles. The molecule has 0 spiro atoms. The molecule has 0 bridgehead atoms. The van der Waals surface area contributed by atoms with E-state index >= 15 is 0 Å². The Labute approximate surface area is 257 Å². The Morgan fingerprint density at radius 3 is 2.17 bits per heavy atom. The summed E-state index contributed by atoms with van der Waals surface area (Å²) in [5, 5.41) is 3.55. The lowest BCUT2D eigenvalue weighted by Crippen LogP contribution is -2.52. The number of rotatable bonds is 13. The molecule has 220 valence electrons. The average Bonchev–Trinajstić information content (AvgIpc) is 2.96. The van der Waals surface area contributed by atoms with Crippen LogP contribution in [0.15, 0.2) is 76.5 Å². The van der Waals surface area contributed by atoms with Gasteiger partial charge in [0.1, 0.15) is 12.6 Å². The molecule has 3 aromatic rings. The summed E-state index contributed by atoms with van der Waals surface area (Å²) < 4.78 is 29.0. The Bertz CT molecular complexity index is 1450. The van der Waals surface area contributed by atoms with Gasteiger partial charge in [0.25, 0.3) is 10.0 Å². The Morgan fingerprint density at radius 2 is 1.61 bits per heavy atom. The van der Waals surface area contributed by atoms with Gasteiger partial charge in [0.15, 0.2) is 0 Å². The minimum atomic E-state index is -4.14. The second-order valence-corrected chi connectivity index (χ2v) is 13.1. The average molecular weight is 637 g/mol. The van der Waals surface area contributed by atoms with Gasteiger partial charge in [-0.15, -0.1) is 11.8 Å². The zero-order valence-electron chi connectivity index (χ0n) is 23.6. The molecule has 0 fully saturated rings. The quantitative estimate of drug-likeness (QED) is 0.215. The van der Waals surface area contributed by atoms with E-state index in [0.717, 1.165) is 21.2 Å². The molecule has 0 radical (unpaired) electrons. The van der Waals surface area contributed by atoms with Crippen molar-refractivity contribution in [1.29, 1.82) is 0 Å². The Morgan fingerprint density at radius 1 is 0.951 bits per heavy atom. The molecule has 0 saturated heterocycles. The highest BCUT2D eigenvalue weighted by Gasteiger charge is 2.33. The maximum absolute atomic E-state index is 14.1. The molecule has 0 saturated carbocycles. The first-order valence-corrected chi connectivity index (χ1v) is 16.7. The predicted octanol–water partition coefficient (Wildman–Crippen LogP) is 6.55. The van der Waals surface area contributed by atoms with Gasteiger partial charge in [-0.1, -0.05) is 60.8 Å². The van der Waals surface area contributed by atoms with Crippen molar-refractivity contribution in [3.8, 4) is 0 Å². The van der Waals surface area contributed by atoms with Gasteiger partial charge in [-0.2, -0.15) is 0 Å². The maximum Gasteiger partial charge on any atom is 0.264 e. The third-order valence-electron chi connectivity index (χ3n) is 6.52. The minimum absolute atomic E-state index is 0.0397. The lowest BCUT2D eigenvalue weighted by atomic mass is 10.1. The number of carbonyl (C=O) groups is 2. The predicted molar refractivity (Wildman–Crippen MR) is 168 cm³/mol. The second kappa shape index (κ2) is 15.0. The molecule has 11 heteroatoms. The van der Waals surface area contributed by atoms with Crippen molar-refractivity contribution >= 4 is 62.5 Å². The van der Waals surface area contributed by atoms with Gasteiger partial charge in [-0.25, -0.2) is 8.42 Å². The number of nitrogens with zero attached hydrogens (tertiary/aromatic N) is 2. The standard InChI is InChI=1S/C30H35Cl2N3O4S2/c1-5-17-33-30(37)28(6-2)34(19-22-9-16-26(31)27(32)18-22)29(36)20-35(23-10-7-21(3)8-11-23)41(38,39)25-14-12-24(40-4)13-15-25/h7-16,18,28H,5-6,17,19-20H2,1-4H3,(H,33,37)/t28-/m1/s1. The highest BCUT2D eigenvalue weighted by molar-refractivity contribution is 7.98. The molecule has 0 heterocycles. The minimum Gasteiger partial charge on any atom is -0.354 e. The Kier molecular flexibility index (Phi) is 12.0. The first-order chi connectivity index (χ1) is 19.5. The normalized spacial score (nSPS) is 12.0. The van der Waals surface area contributed by atoms with E-state index in [-0.39, 0.29) is 17.3 Å². The fourth-order valence-electron chi connectivity index (χ4n) is 4.23. The summed E-state index contributed by atoms with van der Waals surface area (Å²) in [6, 6.07) is 17.6. The van der Waals surface area contributed by atoms with E-state index in [9.17, 15) is 18.0 Å². The first-order valence-electron chi connectivity index (χ1n) is 13.3. The molecule has 0 aliphatic rings. The van der Waals surface area contributed by atoms with E-state index in [2.05, 4.69) is 5.32 Å². The van der Waals surface area contributed by atoms with Crippen molar-refractivity contribution in [2.75, 3.05) is 23.7 Å². The van der Waals surface area contributed by atoms with Crippen LogP contribution in [0.2, 0.25) is 10.0 Å². The highest BCUT2D eigenvalue weighted by Crippen LogP contribution is 2.28. The third-order valence-corrected chi connectivity index (χ3v) is 9.79. The Hall–Kier alpha value is -2.72. The molecular formula is C30H35Cl2N3O4S2. The van der Waals surface area contributed by atoms with Crippen LogP contribution in [0.4, 0.5) is 5.69 Å². The second-order valence-electron chi connectivity index (χ2n) is 9.51. The van der Waals surface area contributed by atoms with Crippen LogP contribution < -0.4 is 9.62 Å². The lowest BCUT2D eigenvalue weighted by molar-refractivity contribution is -0.140. The number of thioether (sulfide) groups is 1. The van der Waals surface area contributed by atoms with Crippen molar-refractivity contribution in [2.24, 2.45) is 0 Å². The summed E-state index contributed by atoms with van der Waals surface area (Å²) in [7, 11) is -4.14. The summed E-state index contributed by atoms with van der Waals surface area (Å²) in [5.41, 5.74) is 1.95. The van der Waals surface area contributed by atoms with Gasteiger partial charge in [0.2, 0.25) is 11.8 Å². The van der Waals surface area contributed by atoms with Crippen LogP contribution in [0.3, 0.4) is 0 Å². The summed E-state index contributed by atoms with van der Waals surface area (Å²) in [6.45, 7) is 5.64. The number of benzene rings is 3. The number of aryl methyl sites for hydroxylation is 1. The summed E-state index contributed by atoms with van der Waals surface area (Å²) in [4.78, 5) is 29.7. The van der Waals surface area contributed by atoms with Gasteiger partial charge >= 0.3 is 0 Å². The number of amides is 2. The molecule has 3 rings (SSSR count). The number of hydrogen-bond acceptors (Lipinski definition) is 5. The molecular weight excluding hydrogens is 601 g/mol. The van der Waals surface area contributed by atoms with E-state index in [0.29, 0.717) is 34.3 Å². The number of nitrogens with one attached hydrogen (secondary N) is 1. The zero-order valence-corrected chi connectivity index (χ0v) is 26.7. The number of anilines is 1. The van der Waals surface area contributed by atoms with Gasteiger partial charge in [0.05, 0.1) is 20.6 Å². The first kappa shape index (κ1) is 32.8. The fourth-order valence-corrected chi connectivity index (χ4v) is 6.38. The zero-order chi connectivity index (χ0) is 30.2. The van der Waals surface area contributed by atoms with E-state index in [1.165, 1.54) is 28.8 Å². The lowest BCUT2D eigenvalue weighted by Gasteiger charge is -2.33. The van der Waals surface area contributed by atoms with Gasteiger partial charge in [-0.3, -0.25) is 13.9 Å². The third kappa shape index (κ3) is 8.41. The van der Waals surface area contributed by atoms with Crippen LogP contribution in [0.25, 0.3) is 0 Å². The molecule has 7 nitrogen and oxygen atoms in total. The summed E-state index contributed by atoms with van der Waals surface area (Å²) in [5.74, 6) is -0.834.